The van der Waals surface area contributed by atoms with Crippen LogP contribution in [-0.2, 0) is 0 Å². The summed E-state index contributed by atoms with van der Waals surface area (Å²) >= 11 is 0. The number of aryl methyl sites for hydroxylation is 2. The lowest BCUT2D eigenvalue weighted by Gasteiger charge is -2.22. The Kier molecular flexibility index (Phi) is 47.7. The molecule has 0 N–H and O–H groups in total. The molecule has 4 aliphatic carbocycles. The van der Waals surface area contributed by atoms with Gasteiger partial charge in [-0.15, -0.1) is 0 Å². The highest BCUT2D eigenvalue weighted by molar-refractivity contribution is 5.19. The van der Waals surface area contributed by atoms with Crippen molar-refractivity contribution in [2.75, 3.05) is 0 Å². The zero-order valence-corrected chi connectivity index (χ0v) is 29.2. The second-order valence-electron chi connectivity index (χ2n) is 15.6. The lowest BCUT2D eigenvalue weighted by atomic mass is 9.84. The molecule has 0 heterocycles. The van der Waals surface area contributed by atoms with E-state index in [0.29, 0.717) is 0 Å². The molecule has 0 unspecified atom stereocenters. The van der Waals surface area contributed by atoms with Gasteiger partial charge in [0.1, 0.15) is 0 Å². The highest BCUT2D eigenvalue weighted by Crippen LogP contribution is 2.29. The van der Waals surface area contributed by atoms with Crippen LogP contribution in [0, 0.1) is 61.2 Å². The zero-order valence-electron chi connectivity index (χ0n) is 29.2. The van der Waals surface area contributed by atoms with Crippen molar-refractivity contribution in [3.8, 4) is 0 Å². The molecule has 4 fully saturated rings. The Morgan fingerprint density at radius 3 is 0.426 bits per heavy atom. The summed E-state index contributed by atoms with van der Waals surface area (Å²) in [6.45, 7) is 23.1. The van der Waals surface area contributed by atoms with Gasteiger partial charge in [0.15, 0.2) is 0 Å². The number of hydrogen-bond acceptors (Lipinski definition) is 0. The van der Waals surface area contributed by atoms with Gasteiger partial charge in [-0.05, 0) is 61.2 Å². The van der Waals surface area contributed by atoms with Gasteiger partial charge in [-0.1, -0.05) is 246 Å². The average molecular weight is 667 g/mol. The first kappa shape index (κ1) is 61.4. The molecule has 0 heteroatoms. The largest absolute Gasteiger partial charge is 0.0776 e. The maximum atomic E-state index is 2.37. The molecule has 1 aromatic rings. The van der Waals surface area contributed by atoms with Crippen molar-refractivity contribution in [3.63, 3.8) is 0 Å². The SMILES string of the molecule is C.C.C.C.C.C.C.CC1CCC(C)CC1.CC1CCC(C)CC1.CC1CCC(C)CC1.CC1CCC(C)CC1.Cc1ccc(C)cc1. The van der Waals surface area contributed by atoms with E-state index in [9.17, 15) is 0 Å². The van der Waals surface area contributed by atoms with Gasteiger partial charge in [0.2, 0.25) is 0 Å². The van der Waals surface area contributed by atoms with Crippen LogP contribution in [0.2, 0.25) is 0 Å². The fourth-order valence-electron chi connectivity index (χ4n) is 6.34. The molecule has 0 spiro atoms. The van der Waals surface area contributed by atoms with E-state index < -0.39 is 0 Å². The van der Waals surface area contributed by atoms with Crippen molar-refractivity contribution in [2.24, 2.45) is 47.3 Å². The molecule has 0 atom stereocenters. The lowest BCUT2D eigenvalue weighted by Crippen LogP contribution is -2.08. The maximum absolute atomic E-state index is 2.37. The van der Waals surface area contributed by atoms with Crippen LogP contribution >= 0.6 is 0 Å². The molecule has 0 aliphatic heterocycles. The fraction of sp³-hybridized carbons (Fsp3) is 0.872. The van der Waals surface area contributed by atoms with Gasteiger partial charge in [-0.2, -0.15) is 0 Å². The van der Waals surface area contributed by atoms with Crippen molar-refractivity contribution in [1.82, 2.24) is 0 Å². The smallest absolute Gasteiger partial charge is 0.0398 e. The third-order valence-corrected chi connectivity index (χ3v) is 10.4. The Balaban J connectivity index is -0.0000000821. The molecule has 47 heavy (non-hydrogen) atoms. The predicted octanol–water partition coefficient (Wildman–Crippen LogP) is 18.1. The molecule has 0 radical (unpaired) electrons. The van der Waals surface area contributed by atoms with Crippen molar-refractivity contribution in [1.29, 1.82) is 0 Å². The minimum atomic E-state index is 0. The fourth-order valence-corrected chi connectivity index (χ4v) is 6.34. The summed E-state index contributed by atoms with van der Waals surface area (Å²) in [5, 5.41) is 0. The lowest BCUT2D eigenvalue weighted by molar-refractivity contribution is 0.308. The van der Waals surface area contributed by atoms with Crippen LogP contribution in [-0.4, -0.2) is 0 Å². The molecule has 4 saturated carbocycles. The van der Waals surface area contributed by atoms with Crippen LogP contribution in [0.3, 0.4) is 0 Å². The van der Waals surface area contributed by atoms with Crippen molar-refractivity contribution < 1.29 is 0 Å². The molecule has 290 valence electrons. The van der Waals surface area contributed by atoms with E-state index in [1.807, 2.05) is 0 Å². The molecule has 5 rings (SSSR count). The van der Waals surface area contributed by atoms with Gasteiger partial charge in [-0.25, -0.2) is 0 Å². The van der Waals surface area contributed by atoms with Gasteiger partial charge in [-0.3, -0.25) is 0 Å². The molecule has 0 aromatic heterocycles. The molecule has 0 saturated heterocycles. The van der Waals surface area contributed by atoms with Crippen LogP contribution in [0.4, 0.5) is 0 Å². The van der Waals surface area contributed by atoms with E-state index in [1.165, 1.54) is 114 Å². The van der Waals surface area contributed by atoms with Gasteiger partial charge < -0.3 is 0 Å². The molecule has 1 aromatic carbocycles. The van der Waals surface area contributed by atoms with E-state index >= 15 is 0 Å². The number of rotatable bonds is 0. The first-order valence-electron chi connectivity index (χ1n) is 18.0. The van der Waals surface area contributed by atoms with Crippen LogP contribution in [0.25, 0.3) is 0 Å². The van der Waals surface area contributed by atoms with Crippen LogP contribution in [0.15, 0.2) is 24.3 Å². The summed E-state index contributed by atoms with van der Waals surface area (Å²) < 4.78 is 0. The zero-order chi connectivity index (χ0) is 29.9. The second kappa shape index (κ2) is 36.5. The first-order chi connectivity index (χ1) is 18.9. The molecule has 0 nitrogen and oxygen atoms in total. The quantitative estimate of drug-likeness (QED) is 0.258. The van der Waals surface area contributed by atoms with Crippen LogP contribution in [0.5, 0.6) is 0 Å². The van der Waals surface area contributed by atoms with Gasteiger partial charge >= 0.3 is 0 Å². The highest BCUT2D eigenvalue weighted by Gasteiger charge is 2.15. The first-order valence-corrected chi connectivity index (χ1v) is 18.0. The number of hydrogen-bond donors (Lipinski definition) is 0. The minimum Gasteiger partial charge on any atom is -0.0776 e. The highest BCUT2D eigenvalue weighted by atomic mass is 14.2. The van der Waals surface area contributed by atoms with Crippen molar-refractivity contribution in [2.45, 2.75) is 224 Å². The van der Waals surface area contributed by atoms with Crippen molar-refractivity contribution >= 4 is 0 Å². The maximum Gasteiger partial charge on any atom is -0.0398 e. The summed E-state index contributed by atoms with van der Waals surface area (Å²) in [5.74, 6) is 8.16. The van der Waals surface area contributed by atoms with E-state index in [1.54, 1.807) is 0 Å². The Morgan fingerprint density at radius 1 is 0.255 bits per heavy atom. The number of benzene rings is 1. The second-order valence-corrected chi connectivity index (χ2v) is 15.6. The Bertz CT molecular complexity index is 528. The van der Waals surface area contributed by atoms with Crippen LogP contribution in [0.1, 0.15) is 221 Å². The average Bonchev–Trinajstić information content (AvgIpc) is 2.94. The molecular weight excluding hydrogens is 565 g/mol. The summed E-state index contributed by atoms with van der Waals surface area (Å²) in [4.78, 5) is 0. The standard InChI is InChI=1S/4C8H16.C8H10.7CH4/c5*1-7-3-5-8(2)6-4-7;;;;;;;/h4*7-8H,3-6H2,1-2H3;3-6H,1-2H3;7*1H4. The topological polar surface area (TPSA) is 0 Å². The Labute approximate surface area is 305 Å². The third-order valence-electron chi connectivity index (χ3n) is 10.4. The summed E-state index contributed by atoms with van der Waals surface area (Å²) in [6, 6.07) is 8.48. The summed E-state index contributed by atoms with van der Waals surface area (Å²) in [7, 11) is 0. The molecule has 0 amide bonds. The monoisotopic (exact) mass is 667 g/mol. The van der Waals surface area contributed by atoms with E-state index in [4.69, 9.17) is 0 Å². The van der Waals surface area contributed by atoms with Gasteiger partial charge in [0.25, 0.3) is 0 Å². The van der Waals surface area contributed by atoms with Gasteiger partial charge in [0, 0.05) is 0 Å². The Morgan fingerprint density at radius 2 is 0.340 bits per heavy atom. The molecular formula is C47H102. The predicted molar refractivity (Wildman–Crippen MR) is 230 cm³/mol. The van der Waals surface area contributed by atoms with E-state index in [-0.39, 0.29) is 52.0 Å². The van der Waals surface area contributed by atoms with E-state index in [2.05, 4.69) is 93.5 Å². The molecule has 4 aliphatic rings. The minimum absolute atomic E-state index is 0. The van der Waals surface area contributed by atoms with Crippen LogP contribution < -0.4 is 0 Å². The summed E-state index contributed by atoms with van der Waals surface area (Å²) in [5.41, 5.74) is 2.66. The Hall–Kier alpha value is -0.780. The normalized spacial score (nSPS) is 28.6. The third kappa shape index (κ3) is 34.9. The summed E-state index contributed by atoms with van der Waals surface area (Å²) in [6.07, 6.45) is 23.6. The van der Waals surface area contributed by atoms with Gasteiger partial charge in [0.05, 0.1) is 0 Å². The van der Waals surface area contributed by atoms with Crippen molar-refractivity contribution in [3.05, 3.63) is 35.4 Å². The van der Waals surface area contributed by atoms with E-state index in [0.717, 1.165) is 47.3 Å². The molecule has 0 bridgehead atoms.